The second kappa shape index (κ2) is 7.34. The lowest BCUT2D eigenvalue weighted by atomic mass is 9.45. The average molecular weight is 364 g/mol. The molecule has 5 heteroatoms. The number of fused-ring (bicyclic) bond motifs is 1. The third-order valence-corrected chi connectivity index (χ3v) is 7.64. The first-order chi connectivity index (χ1) is 12.4. The Labute approximate surface area is 156 Å². The molecule has 1 heterocycles. The third kappa shape index (κ3) is 3.08. The van der Waals surface area contributed by atoms with Crippen molar-refractivity contribution in [2.45, 2.75) is 58.8 Å². The number of hydrogen-bond acceptors (Lipinski definition) is 5. The molecule has 26 heavy (non-hydrogen) atoms. The molecule has 2 aliphatic carbocycles. The smallest absolute Gasteiger partial charge is 0.334 e. The Bertz CT molecular complexity index is 597. The van der Waals surface area contributed by atoms with Crippen molar-refractivity contribution in [1.82, 2.24) is 0 Å². The second-order valence-corrected chi connectivity index (χ2v) is 8.81. The topological polar surface area (TPSA) is 72.8 Å². The zero-order valence-electron chi connectivity index (χ0n) is 16.3. The van der Waals surface area contributed by atoms with Crippen LogP contribution in [0.2, 0.25) is 0 Å². The van der Waals surface area contributed by atoms with Gasteiger partial charge >= 0.3 is 11.9 Å². The van der Waals surface area contributed by atoms with E-state index in [1.165, 1.54) is 7.11 Å². The van der Waals surface area contributed by atoms with E-state index in [0.29, 0.717) is 18.9 Å². The first kappa shape index (κ1) is 19.4. The summed E-state index contributed by atoms with van der Waals surface area (Å²) < 4.78 is 10.2. The molecule has 0 aromatic rings. The van der Waals surface area contributed by atoms with Crippen LogP contribution in [-0.2, 0) is 19.1 Å². The van der Waals surface area contributed by atoms with Gasteiger partial charge < -0.3 is 14.6 Å². The summed E-state index contributed by atoms with van der Waals surface area (Å²) in [6, 6.07) is 0. The van der Waals surface area contributed by atoms with Crippen LogP contribution in [0.5, 0.6) is 0 Å². The predicted octanol–water partition coefficient (Wildman–Crippen LogP) is 3.25. The Kier molecular flexibility index (Phi) is 5.48. The van der Waals surface area contributed by atoms with Crippen molar-refractivity contribution in [3.63, 3.8) is 0 Å². The molecule has 0 saturated heterocycles. The molecule has 2 saturated carbocycles. The van der Waals surface area contributed by atoms with Gasteiger partial charge in [0.25, 0.3) is 0 Å². The zero-order valence-corrected chi connectivity index (χ0v) is 16.3. The first-order valence-electron chi connectivity index (χ1n) is 9.92. The molecule has 0 unspecified atom stereocenters. The number of rotatable bonds is 5. The van der Waals surface area contributed by atoms with E-state index < -0.39 is 5.41 Å². The van der Waals surface area contributed by atoms with Crippen molar-refractivity contribution >= 4 is 11.9 Å². The molecule has 1 N–H and O–H groups in total. The summed E-state index contributed by atoms with van der Waals surface area (Å²) >= 11 is 0. The summed E-state index contributed by atoms with van der Waals surface area (Å²) in [5.41, 5.74) is 0.293. The molecular formula is C21H32O5. The van der Waals surface area contributed by atoms with Crippen molar-refractivity contribution in [2.24, 2.45) is 28.6 Å². The van der Waals surface area contributed by atoms with Crippen molar-refractivity contribution in [2.75, 3.05) is 20.3 Å². The van der Waals surface area contributed by atoms with Crippen LogP contribution < -0.4 is 0 Å². The largest absolute Gasteiger partial charge is 0.469 e. The molecule has 0 aromatic carbocycles. The first-order valence-corrected chi connectivity index (χ1v) is 9.92. The highest BCUT2D eigenvalue weighted by Crippen LogP contribution is 2.62. The maximum Gasteiger partial charge on any atom is 0.334 e. The lowest BCUT2D eigenvalue weighted by Crippen LogP contribution is -2.55. The Balaban J connectivity index is 1.85. The van der Waals surface area contributed by atoms with E-state index in [2.05, 4.69) is 13.8 Å². The van der Waals surface area contributed by atoms with E-state index in [4.69, 9.17) is 9.47 Å². The number of carbonyl (C=O) groups is 2. The Hall–Kier alpha value is -1.36. The minimum absolute atomic E-state index is 0.0180. The Morgan fingerprint density at radius 1 is 1.35 bits per heavy atom. The Morgan fingerprint density at radius 2 is 2.12 bits per heavy atom. The van der Waals surface area contributed by atoms with Crippen LogP contribution >= 0.6 is 0 Å². The van der Waals surface area contributed by atoms with Crippen LogP contribution in [0.25, 0.3) is 0 Å². The standard InChI is InChI=1S/C21H32O5/c1-20-10-4-11-21(2,19(24)25-3)17(20)8-6-15(13-22)16(20)7-5-14-9-12-26-18(14)23/h9,15-17,22H,4-8,10-13H2,1-3H3/t15-,16+,17-,20-,21+/m1/s1. The molecule has 5 atom stereocenters. The molecule has 2 fully saturated rings. The minimum atomic E-state index is -0.452. The molecule has 0 aromatic heterocycles. The highest BCUT2D eigenvalue weighted by atomic mass is 16.5. The van der Waals surface area contributed by atoms with Gasteiger partial charge in [-0.15, -0.1) is 0 Å². The average Bonchev–Trinajstić information content (AvgIpc) is 3.03. The summed E-state index contributed by atoms with van der Waals surface area (Å²) in [5, 5.41) is 10.00. The van der Waals surface area contributed by atoms with Crippen LogP contribution in [0.4, 0.5) is 0 Å². The van der Waals surface area contributed by atoms with Gasteiger partial charge in [0.15, 0.2) is 0 Å². The van der Waals surface area contributed by atoms with Crippen LogP contribution in [0, 0.1) is 28.6 Å². The maximum absolute atomic E-state index is 12.6. The van der Waals surface area contributed by atoms with E-state index in [1.807, 2.05) is 6.08 Å². The molecule has 1 aliphatic heterocycles. The number of aliphatic hydroxyl groups excluding tert-OH is 1. The highest BCUT2D eigenvalue weighted by molar-refractivity contribution is 5.90. The molecule has 0 spiro atoms. The number of esters is 2. The van der Waals surface area contributed by atoms with Gasteiger partial charge in [-0.1, -0.05) is 13.3 Å². The van der Waals surface area contributed by atoms with Gasteiger partial charge in [0.1, 0.15) is 6.61 Å². The van der Waals surface area contributed by atoms with Crippen molar-refractivity contribution < 1.29 is 24.2 Å². The van der Waals surface area contributed by atoms with Crippen molar-refractivity contribution in [3.8, 4) is 0 Å². The van der Waals surface area contributed by atoms with E-state index >= 15 is 0 Å². The maximum atomic E-state index is 12.6. The molecule has 5 nitrogen and oxygen atoms in total. The van der Waals surface area contributed by atoms with Crippen LogP contribution in [0.1, 0.15) is 58.8 Å². The number of ether oxygens (including phenoxy) is 2. The monoisotopic (exact) mass is 364 g/mol. The Morgan fingerprint density at radius 3 is 2.73 bits per heavy atom. The molecule has 3 rings (SSSR count). The van der Waals surface area contributed by atoms with Crippen molar-refractivity contribution in [3.05, 3.63) is 11.6 Å². The molecule has 3 aliphatic rings. The number of aliphatic hydroxyl groups is 1. The normalized spacial score (nSPS) is 39.8. The zero-order chi connectivity index (χ0) is 18.9. The summed E-state index contributed by atoms with van der Waals surface area (Å²) in [5.74, 6) is 0.482. The van der Waals surface area contributed by atoms with E-state index in [-0.39, 0.29) is 35.8 Å². The molecule has 146 valence electrons. The van der Waals surface area contributed by atoms with Crippen LogP contribution in [0.15, 0.2) is 11.6 Å². The lowest BCUT2D eigenvalue weighted by Gasteiger charge is -2.59. The lowest BCUT2D eigenvalue weighted by molar-refractivity contribution is -0.174. The minimum Gasteiger partial charge on any atom is -0.469 e. The number of cyclic esters (lactones) is 1. The van der Waals surface area contributed by atoms with Crippen LogP contribution in [0.3, 0.4) is 0 Å². The predicted molar refractivity (Wildman–Crippen MR) is 97.1 cm³/mol. The number of methoxy groups -OCH3 is 1. The van der Waals surface area contributed by atoms with E-state index in [9.17, 15) is 14.7 Å². The SMILES string of the molecule is COC(=O)[C@@]1(C)CCC[C@@]2(C)[C@H]1CC[C@H](CO)[C@@H]2CCC1=CCOC1=O. The number of carbonyl (C=O) groups excluding carboxylic acids is 2. The molecule has 0 amide bonds. The summed E-state index contributed by atoms with van der Waals surface area (Å²) in [6.45, 7) is 4.91. The van der Waals surface area contributed by atoms with Gasteiger partial charge in [0.05, 0.1) is 12.5 Å². The third-order valence-electron chi connectivity index (χ3n) is 7.64. The van der Waals surface area contributed by atoms with Gasteiger partial charge in [0, 0.05) is 12.2 Å². The van der Waals surface area contributed by atoms with Crippen molar-refractivity contribution in [1.29, 1.82) is 0 Å². The fourth-order valence-corrected chi connectivity index (χ4v) is 6.30. The van der Waals surface area contributed by atoms with Gasteiger partial charge in [-0.25, -0.2) is 4.79 Å². The number of hydrogen-bond donors (Lipinski definition) is 1. The van der Waals surface area contributed by atoms with Gasteiger partial charge in [-0.2, -0.15) is 0 Å². The molecule has 0 radical (unpaired) electrons. The van der Waals surface area contributed by atoms with E-state index in [1.54, 1.807) is 0 Å². The van der Waals surface area contributed by atoms with E-state index in [0.717, 1.165) is 44.1 Å². The highest BCUT2D eigenvalue weighted by Gasteiger charge is 2.58. The van der Waals surface area contributed by atoms with Crippen LogP contribution in [-0.4, -0.2) is 37.4 Å². The summed E-state index contributed by atoms with van der Waals surface area (Å²) in [4.78, 5) is 24.4. The summed E-state index contributed by atoms with van der Waals surface area (Å²) in [6.07, 6.45) is 8.24. The van der Waals surface area contributed by atoms with Gasteiger partial charge in [-0.05, 0) is 74.7 Å². The fourth-order valence-electron chi connectivity index (χ4n) is 6.30. The molecular weight excluding hydrogens is 332 g/mol. The van der Waals surface area contributed by atoms with Gasteiger partial charge in [0.2, 0.25) is 0 Å². The quantitative estimate of drug-likeness (QED) is 0.758. The van der Waals surface area contributed by atoms with Gasteiger partial charge in [-0.3, -0.25) is 4.79 Å². The fraction of sp³-hybridized carbons (Fsp3) is 0.810. The second-order valence-electron chi connectivity index (χ2n) is 8.81. The summed E-state index contributed by atoms with van der Waals surface area (Å²) in [7, 11) is 1.48. The molecule has 0 bridgehead atoms.